The van der Waals surface area contributed by atoms with Crippen molar-refractivity contribution in [1.82, 2.24) is 9.80 Å². The molecule has 0 radical (unpaired) electrons. The molecule has 2 aromatic carbocycles. The van der Waals surface area contributed by atoms with E-state index in [1.807, 2.05) is 18.2 Å². The van der Waals surface area contributed by atoms with Gasteiger partial charge in [-0.3, -0.25) is 9.59 Å². The first-order valence-electron chi connectivity index (χ1n) is 14.1. The molecular formula is C32H35F3N2O4. The molecule has 0 unspecified atom stereocenters. The van der Waals surface area contributed by atoms with Gasteiger partial charge >= 0.3 is 12.1 Å². The van der Waals surface area contributed by atoms with Crippen molar-refractivity contribution in [2.24, 2.45) is 5.92 Å². The molecule has 2 saturated carbocycles. The Balaban J connectivity index is 1.38. The molecule has 1 aliphatic heterocycles. The van der Waals surface area contributed by atoms with E-state index in [0.717, 1.165) is 30.8 Å². The highest BCUT2D eigenvalue weighted by Gasteiger charge is 2.58. The molecule has 41 heavy (non-hydrogen) atoms. The first-order chi connectivity index (χ1) is 19.4. The van der Waals surface area contributed by atoms with Crippen LogP contribution in [0.5, 0.6) is 5.75 Å². The maximum absolute atomic E-state index is 13.1. The van der Waals surface area contributed by atoms with Crippen LogP contribution in [-0.2, 0) is 21.2 Å². The number of fused-ring (bicyclic) bond motifs is 1. The standard InChI is InChI=1S/C32H35F3N2O4/c1-22(38)41-28-5-3-4-26(18-28)30-16-17-37(20-24-6-7-24)21-31(30,40)15-14-27(19-30)36(2)29(39)13-10-23-8-11-25(12-9-23)32(33,34)35/h3-5,8-9,11-12,18,24,27,40H,6-7,14-17,19-21H2,1-2H3/t27-,30+,31+/m1/s1. The van der Waals surface area contributed by atoms with Gasteiger partial charge in [-0.05, 0) is 92.9 Å². The van der Waals surface area contributed by atoms with Gasteiger partial charge in [0.1, 0.15) is 5.75 Å². The third-order valence-corrected chi connectivity index (χ3v) is 8.96. The summed E-state index contributed by atoms with van der Waals surface area (Å²) in [5, 5.41) is 12.3. The predicted octanol–water partition coefficient (Wildman–Crippen LogP) is 4.78. The van der Waals surface area contributed by atoms with E-state index in [9.17, 15) is 27.9 Å². The zero-order valence-corrected chi connectivity index (χ0v) is 23.3. The van der Waals surface area contributed by atoms with Gasteiger partial charge in [0.25, 0.3) is 5.91 Å². The number of benzene rings is 2. The molecule has 9 heteroatoms. The fourth-order valence-electron chi connectivity index (χ4n) is 6.53. The molecule has 0 aromatic heterocycles. The van der Waals surface area contributed by atoms with Crippen LogP contribution in [0.2, 0.25) is 0 Å². The van der Waals surface area contributed by atoms with E-state index in [2.05, 4.69) is 16.7 Å². The van der Waals surface area contributed by atoms with Crippen molar-refractivity contribution < 1.29 is 32.6 Å². The molecule has 218 valence electrons. The Morgan fingerprint density at radius 1 is 1.12 bits per heavy atom. The molecule has 2 aliphatic carbocycles. The normalized spacial score (nSPS) is 26.3. The van der Waals surface area contributed by atoms with Crippen LogP contribution in [0.15, 0.2) is 48.5 Å². The zero-order valence-electron chi connectivity index (χ0n) is 23.3. The van der Waals surface area contributed by atoms with Gasteiger partial charge in [-0.15, -0.1) is 0 Å². The maximum Gasteiger partial charge on any atom is 0.416 e. The number of halogens is 3. The summed E-state index contributed by atoms with van der Waals surface area (Å²) in [6, 6.07) is 11.5. The number of carbonyl (C=O) groups is 2. The number of nitrogens with zero attached hydrogens (tertiary/aromatic N) is 2. The Labute approximate surface area is 238 Å². The Kier molecular flexibility index (Phi) is 7.92. The maximum atomic E-state index is 13.1. The van der Waals surface area contributed by atoms with E-state index in [0.29, 0.717) is 49.5 Å². The number of alkyl halides is 3. The number of likely N-dealkylation sites (tertiary alicyclic amines) is 1. The lowest BCUT2D eigenvalue weighted by Crippen LogP contribution is -2.67. The Morgan fingerprint density at radius 2 is 1.85 bits per heavy atom. The minimum Gasteiger partial charge on any atom is -0.427 e. The van der Waals surface area contributed by atoms with Gasteiger partial charge in [-0.1, -0.05) is 18.1 Å². The molecule has 1 amide bonds. The average Bonchev–Trinajstić information content (AvgIpc) is 3.74. The van der Waals surface area contributed by atoms with Crippen LogP contribution in [0, 0.1) is 17.8 Å². The number of β-amino-alcohol motifs (C(OH)–C–C–N with tert-alkyl or cyclic N) is 1. The first-order valence-corrected chi connectivity index (χ1v) is 14.1. The second-order valence-corrected chi connectivity index (χ2v) is 11.8. The Morgan fingerprint density at radius 3 is 2.51 bits per heavy atom. The first kappa shape index (κ1) is 29.2. The molecule has 2 aromatic rings. The smallest absolute Gasteiger partial charge is 0.416 e. The van der Waals surface area contributed by atoms with E-state index in [1.54, 1.807) is 18.0 Å². The third kappa shape index (κ3) is 6.29. The summed E-state index contributed by atoms with van der Waals surface area (Å²) in [6.07, 6.45) is 0.292. The number of piperidine rings is 1. The van der Waals surface area contributed by atoms with Crippen LogP contribution < -0.4 is 4.74 Å². The Hall–Kier alpha value is -3.35. The summed E-state index contributed by atoms with van der Waals surface area (Å²) in [5.74, 6) is 5.53. The highest BCUT2D eigenvalue weighted by Crippen LogP contribution is 2.53. The van der Waals surface area contributed by atoms with Crippen molar-refractivity contribution in [2.75, 3.05) is 26.7 Å². The number of aliphatic hydroxyl groups is 1. The molecule has 0 bridgehead atoms. The van der Waals surface area contributed by atoms with Gasteiger partial charge in [-0.25, -0.2) is 0 Å². The number of rotatable bonds is 5. The molecular weight excluding hydrogens is 533 g/mol. The highest BCUT2D eigenvalue weighted by molar-refractivity contribution is 5.94. The fraction of sp³-hybridized carbons (Fsp3) is 0.500. The minimum atomic E-state index is -4.44. The molecule has 5 rings (SSSR count). The van der Waals surface area contributed by atoms with Gasteiger partial charge in [0.05, 0.1) is 11.2 Å². The Bertz CT molecular complexity index is 1360. The van der Waals surface area contributed by atoms with Gasteiger partial charge < -0.3 is 19.6 Å². The van der Waals surface area contributed by atoms with E-state index >= 15 is 0 Å². The molecule has 1 saturated heterocycles. The number of carbonyl (C=O) groups excluding carboxylic acids is 2. The lowest BCUT2D eigenvalue weighted by atomic mass is 9.55. The van der Waals surface area contributed by atoms with Crippen molar-refractivity contribution in [3.63, 3.8) is 0 Å². The SMILES string of the molecule is CC(=O)Oc1cccc([C@@]23CCN(CC4CC4)C[C@@]2(O)CC[C@@H](N(C)C(=O)C#Cc2ccc(C(F)(F)F)cc2)C3)c1. The van der Waals surface area contributed by atoms with E-state index in [4.69, 9.17) is 4.74 Å². The van der Waals surface area contributed by atoms with Gasteiger partial charge in [-0.2, -0.15) is 13.2 Å². The summed E-state index contributed by atoms with van der Waals surface area (Å²) in [6.45, 7) is 3.68. The summed E-state index contributed by atoms with van der Waals surface area (Å²) in [4.78, 5) is 28.7. The summed E-state index contributed by atoms with van der Waals surface area (Å²) in [5.41, 5.74) is -1.26. The van der Waals surface area contributed by atoms with Gasteiger partial charge in [0.2, 0.25) is 0 Å². The van der Waals surface area contributed by atoms with Crippen LogP contribution in [0.3, 0.4) is 0 Å². The summed E-state index contributed by atoms with van der Waals surface area (Å²) >= 11 is 0. The highest BCUT2D eigenvalue weighted by atomic mass is 19.4. The third-order valence-electron chi connectivity index (χ3n) is 8.96. The summed E-state index contributed by atoms with van der Waals surface area (Å²) < 4.78 is 44.0. The molecule has 1 heterocycles. The fourth-order valence-corrected chi connectivity index (χ4v) is 6.53. The minimum absolute atomic E-state index is 0.211. The second kappa shape index (κ2) is 11.1. The quantitative estimate of drug-likeness (QED) is 0.320. The van der Waals surface area contributed by atoms with Crippen molar-refractivity contribution in [2.45, 2.75) is 68.7 Å². The molecule has 3 fully saturated rings. The lowest BCUT2D eigenvalue weighted by molar-refractivity contribution is -0.144. The largest absolute Gasteiger partial charge is 0.427 e. The zero-order chi connectivity index (χ0) is 29.4. The lowest BCUT2D eigenvalue weighted by Gasteiger charge is -2.59. The van der Waals surface area contributed by atoms with Crippen LogP contribution in [0.1, 0.15) is 62.1 Å². The van der Waals surface area contributed by atoms with Crippen molar-refractivity contribution in [1.29, 1.82) is 0 Å². The predicted molar refractivity (Wildman–Crippen MR) is 147 cm³/mol. The van der Waals surface area contributed by atoms with Crippen molar-refractivity contribution in [3.8, 4) is 17.6 Å². The van der Waals surface area contributed by atoms with E-state index in [-0.39, 0.29) is 6.04 Å². The van der Waals surface area contributed by atoms with E-state index < -0.39 is 34.6 Å². The average molecular weight is 569 g/mol. The number of hydrogen-bond donors (Lipinski definition) is 1. The number of ether oxygens (including phenoxy) is 1. The molecule has 3 aliphatic rings. The van der Waals surface area contributed by atoms with Crippen molar-refractivity contribution in [3.05, 3.63) is 65.2 Å². The second-order valence-electron chi connectivity index (χ2n) is 11.8. The van der Waals surface area contributed by atoms with Crippen LogP contribution in [0.4, 0.5) is 13.2 Å². The number of esters is 1. The number of amides is 1. The number of hydrogen-bond acceptors (Lipinski definition) is 5. The molecule has 1 N–H and O–H groups in total. The molecule has 0 spiro atoms. The summed E-state index contributed by atoms with van der Waals surface area (Å²) in [7, 11) is 1.68. The van der Waals surface area contributed by atoms with Gasteiger partial charge in [0, 0.05) is 50.0 Å². The van der Waals surface area contributed by atoms with Crippen LogP contribution in [-0.4, -0.2) is 65.1 Å². The van der Waals surface area contributed by atoms with Crippen LogP contribution >= 0.6 is 0 Å². The topological polar surface area (TPSA) is 70.1 Å². The van der Waals surface area contributed by atoms with Crippen LogP contribution in [0.25, 0.3) is 0 Å². The molecule has 3 atom stereocenters. The monoisotopic (exact) mass is 568 g/mol. The molecule has 6 nitrogen and oxygen atoms in total. The van der Waals surface area contributed by atoms with E-state index in [1.165, 1.54) is 31.9 Å². The van der Waals surface area contributed by atoms with Gasteiger partial charge in [0.15, 0.2) is 0 Å². The van der Waals surface area contributed by atoms with Crippen molar-refractivity contribution >= 4 is 11.9 Å².